The number of nitrogens with zero attached hydrogens (tertiary/aromatic N) is 6. The fourth-order valence-corrected chi connectivity index (χ4v) is 5.71. The highest BCUT2D eigenvalue weighted by atomic mass is 16.5. The van der Waals surface area contributed by atoms with Gasteiger partial charge in [-0.05, 0) is 30.7 Å². The maximum atomic E-state index is 14.1. The van der Waals surface area contributed by atoms with Gasteiger partial charge in [-0.15, -0.1) is 0 Å². The van der Waals surface area contributed by atoms with Crippen molar-refractivity contribution in [1.29, 1.82) is 0 Å². The molecule has 3 aliphatic heterocycles. The highest BCUT2D eigenvalue weighted by molar-refractivity contribution is 5.97. The summed E-state index contributed by atoms with van der Waals surface area (Å²) in [5, 5.41) is 3.09. The number of rotatable bonds is 3. The molecule has 5 heterocycles. The number of nitrogens with one attached hydrogen (secondary N) is 1. The topological polar surface area (TPSA) is 113 Å². The van der Waals surface area contributed by atoms with Crippen LogP contribution in [0.2, 0.25) is 0 Å². The Morgan fingerprint density at radius 3 is 2.69 bits per heavy atom. The fraction of sp³-hybridized carbons (Fsp3) is 0.393. The Labute approximate surface area is 226 Å². The first-order chi connectivity index (χ1) is 19.0. The number of pyridine rings is 1. The Kier molecular flexibility index (Phi) is 6.74. The molecular formula is C28H31N7O4. The van der Waals surface area contributed by atoms with E-state index in [2.05, 4.69) is 20.2 Å². The molecule has 11 nitrogen and oxygen atoms in total. The molecule has 3 aromatic rings. The molecule has 2 bridgehead atoms. The lowest BCUT2D eigenvalue weighted by molar-refractivity contribution is -0.141. The fourth-order valence-electron chi connectivity index (χ4n) is 5.71. The molecule has 3 aliphatic rings. The molecule has 0 spiro atoms. The van der Waals surface area contributed by atoms with Crippen molar-refractivity contribution in [3.8, 4) is 5.88 Å². The summed E-state index contributed by atoms with van der Waals surface area (Å²) < 4.78 is 8.01. The van der Waals surface area contributed by atoms with Gasteiger partial charge >= 0.3 is 0 Å². The Morgan fingerprint density at radius 2 is 1.90 bits per heavy atom. The number of likely N-dealkylation sites (tertiary alicyclic amines) is 1. The Hall–Kier alpha value is -4.25. The smallest absolute Gasteiger partial charge is 0.257 e. The zero-order chi connectivity index (χ0) is 26.9. The third kappa shape index (κ3) is 4.97. The van der Waals surface area contributed by atoms with Crippen molar-refractivity contribution < 1.29 is 19.1 Å². The normalized spacial score (nSPS) is 23.7. The number of aromatic nitrogens is 3. The second-order valence-corrected chi connectivity index (χ2v) is 10.3. The van der Waals surface area contributed by atoms with E-state index in [1.807, 2.05) is 40.9 Å². The molecule has 3 atom stereocenters. The van der Waals surface area contributed by atoms with Crippen LogP contribution in [0.1, 0.15) is 33.0 Å². The summed E-state index contributed by atoms with van der Waals surface area (Å²) in [5.41, 5.74) is 0.956. The average Bonchev–Trinajstić information content (AvgIpc) is 3.56. The van der Waals surface area contributed by atoms with Gasteiger partial charge in [0.15, 0.2) is 0 Å². The maximum absolute atomic E-state index is 14.1. The number of imidazole rings is 1. The van der Waals surface area contributed by atoms with Gasteiger partial charge in [0, 0.05) is 63.4 Å². The van der Waals surface area contributed by atoms with Crippen LogP contribution in [0.5, 0.6) is 5.88 Å². The summed E-state index contributed by atoms with van der Waals surface area (Å²) in [4.78, 5) is 55.1. The van der Waals surface area contributed by atoms with Crippen molar-refractivity contribution in [3.05, 3.63) is 78.0 Å². The van der Waals surface area contributed by atoms with Crippen LogP contribution in [-0.2, 0) is 18.4 Å². The molecule has 2 saturated heterocycles. The van der Waals surface area contributed by atoms with Crippen molar-refractivity contribution in [3.63, 3.8) is 0 Å². The third-order valence-corrected chi connectivity index (χ3v) is 7.79. The predicted molar refractivity (Wildman–Crippen MR) is 141 cm³/mol. The van der Waals surface area contributed by atoms with E-state index in [1.165, 1.54) is 0 Å². The van der Waals surface area contributed by atoms with Gasteiger partial charge in [0.2, 0.25) is 11.8 Å². The SMILES string of the molecule is Cn1ccnc1CN1C[C@H]2C[C@H]1C(=O)N1CCN(C(=O)c3ccccc3)C[C@H]1COc1ncccc1C(=O)N2. The number of carbonyl (C=O) groups excluding carboxylic acids is 3. The van der Waals surface area contributed by atoms with Gasteiger partial charge in [-0.2, -0.15) is 0 Å². The second-order valence-electron chi connectivity index (χ2n) is 10.3. The van der Waals surface area contributed by atoms with Crippen LogP contribution >= 0.6 is 0 Å². The molecule has 3 amide bonds. The lowest BCUT2D eigenvalue weighted by Gasteiger charge is -2.43. The first-order valence-corrected chi connectivity index (χ1v) is 13.2. The number of hydrogen-bond acceptors (Lipinski definition) is 7. The molecule has 1 aromatic carbocycles. The lowest BCUT2D eigenvalue weighted by atomic mass is 10.1. The molecule has 2 aromatic heterocycles. The van der Waals surface area contributed by atoms with Crippen LogP contribution in [0.4, 0.5) is 0 Å². The number of hydrogen-bond donors (Lipinski definition) is 1. The van der Waals surface area contributed by atoms with Crippen LogP contribution < -0.4 is 10.1 Å². The largest absolute Gasteiger partial charge is 0.475 e. The minimum Gasteiger partial charge on any atom is -0.475 e. The molecule has 0 aliphatic carbocycles. The van der Waals surface area contributed by atoms with E-state index in [1.54, 1.807) is 41.6 Å². The van der Waals surface area contributed by atoms with Crippen LogP contribution in [0.3, 0.4) is 0 Å². The molecule has 0 unspecified atom stereocenters. The number of ether oxygens (including phenoxy) is 1. The molecule has 2 fully saturated rings. The first kappa shape index (κ1) is 25.1. The highest BCUT2D eigenvalue weighted by Crippen LogP contribution is 2.27. The van der Waals surface area contributed by atoms with Crippen molar-refractivity contribution in [2.75, 3.05) is 32.8 Å². The van der Waals surface area contributed by atoms with Gasteiger partial charge < -0.3 is 24.4 Å². The number of benzene rings is 1. The molecular weight excluding hydrogens is 498 g/mol. The third-order valence-electron chi connectivity index (χ3n) is 7.79. The minimum atomic E-state index is -0.432. The van der Waals surface area contributed by atoms with Crippen LogP contribution in [0, 0.1) is 0 Å². The molecule has 1 N–H and O–H groups in total. The van der Waals surface area contributed by atoms with Gasteiger partial charge in [0.25, 0.3) is 11.8 Å². The summed E-state index contributed by atoms with van der Waals surface area (Å²) in [6.45, 7) is 2.25. The number of fused-ring (bicyclic) bond motifs is 4. The first-order valence-electron chi connectivity index (χ1n) is 13.2. The quantitative estimate of drug-likeness (QED) is 0.537. The molecule has 11 heteroatoms. The lowest BCUT2D eigenvalue weighted by Crippen LogP contribution is -2.61. The summed E-state index contributed by atoms with van der Waals surface area (Å²) in [6.07, 6.45) is 5.68. The van der Waals surface area contributed by atoms with Crippen molar-refractivity contribution in [2.45, 2.75) is 31.1 Å². The van der Waals surface area contributed by atoms with Crippen molar-refractivity contribution >= 4 is 17.7 Å². The van der Waals surface area contributed by atoms with Gasteiger partial charge in [-0.3, -0.25) is 19.3 Å². The highest BCUT2D eigenvalue weighted by Gasteiger charge is 2.44. The average molecular weight is 530 g/mol. The van der Waals surface area contributed by atoms with Crippen LogP contribution in [0.15, 0.2) is 61.1 Å². The number of piperazine rings is 1. The summed E-state index contributed by atoms with van der Waals surface area (Å²) >= 11 is 0. The number of amides is 3. The molecule has 0 saturated carbocycles. The van der Waals surface area contributed by atoms with Gasteiger partial charge in [0.05, 0.1) is 18.6 Å². The molecule has 39 heavy (non-hydrogen) atoms. The number of aryl methyl sites for hydroxylation is 1. The van der Waals surface area contributed by atoms with Crippen LogP contribution in [-0.4, -0.2) is 97.9 Å². The van der Waals surface area contributed by atoms with Gasteiger partial charge in [-0.25, -0.2) is 9.97 Å². The summed E-state index contributed by atoms with van der Waals surface area (Å²) in [6, 6.07) is 11.5. The van der Waals surface area contributed by atoms with E-state index < -0.39 is 12.1 Å². The van der Waals surface area contributed by atoms with Crippen molar-refractivity contribution in [2.24, 2.45) is 7.05 Å². The monoisotopic (exact) mass is 529 g/mol. The molecule has 202 valence electrons. The standard InChI is InChI=1S/C28H31N7O4/c1-32-11-10-29-24(32)17-34-15-20-14-23(34)28(38)35-13-12-33(27(37)19-6-3-2-4-7-19)16-21(35)18-39-26-22(25(36)31-20)8-5-9-30-26/h2-11,20-21,23H,12-18H2,1H3,(H,31,36)/t20-,21+,23+/m1/s1. The van der Waals surface area contributed by atoms with E-state index in [0.717, 1.165) is 5.82 Å². The molecule has 0 radical (unpaired) electrons. The Morgan fingerprint density at radius 1 is 1.05 bits per heavy atom. The minimum absolute atomic E-state index is 0.0248. The molecule has 6 rings (SSSR count). The predicted octanol–water partition coefficient (Wildman–Crippen LogP) is 0.934. The zero-order valence-electron chi connectivity index (χ0n) is 21.8. The summed E-state index contributed by atoms with van der Waals surface area (Å²) in [5.74, 6) is 0.674. The van der Waals surface area contributed by atoms with E-state index in [4.69, 9.17) is 4.74 Å². The number of carbonyl (C=O) groups is 3. The van der Waals surface area contributed by atoms with E-state index in [0.29, 0.717) is 50.3 Å². The summed E-state index contributed by atoms with van der Waals surface area (Å²) in [7, 11) is 1.93. The van der Waals surface area contributed by atoms with Crippen molar-refractivity contribution in [1.82, 2.24) is 34.6 Å². The van der Waals surface area contributed by atoms with E-state index in [-0.39, 0.29) is 36.3 Å². The Bertz CT molecular complexity index is 1380. The van der Waals surface area contributed by atoms with E-state index in [9.17, 15) is 14.4 Å². The Balaban J connectivity index is 1.32. The second kappa shape index (κ2) is 10.5. The van der Waals surface area contributed by atoms with Gasteiger partial charge in [0.1, 0.15) is 18.0 Å². The van der Waals surface area contributed by atoms with Crippen LogP contribution in [0.25, 0.3) is 0 Å². The van der Waals surface area contributed by atoms with E-state index >= 15 is 0 Å². The maximum Gasteiger partial charge on any atom is 0.257 e. The zero-order valence-corrected chi connectivity index (χ0v) is 21.8. The van der Waals surface area contributed by atoms with Gasteiger partial charge in [-0.1, -0.05) is 18.2 Å².